The molecule has 12 nitrogen and oxygen atoms in total. The zero-order valence-electron chi connectivity index (χ0n) is 22.2. The number of rotatable bonds is 6. The van der Waals surface area contributed by atoms with Crippen molar-refractivity contribution >= 4 is 55.8 Å². The van der Waals surface area contributed by atoms with Gasteiger partial charge in [-0.15, -0.1) is 11.3 Å². The molecule has 1 saturated carbocycles. The van der Waals surface area contributed by atoms with Gasteiger partial charge in [-0.2, -0.15) is 0 Å². The number of hydrogen-bond donors (Lipinski definition) is 3. The van der Waals surface area contributed by atoms with E-state index in [4.69, 9.17) is 10.2 Å². The number of nitrogens with one attached hydrogen (secondary N) is 2. The van der Waals surface area contributed by atoms with E-state index < -0.39 is 11.6 Å². The van der Waals surface area contributed by atoms with Crippen molar-refractivity contribution in [3.63, 3.8) is 0 Å². The summed E-state index contributed by atoms with van der Waals surface area (Å²) in [5, 5.41) is 6.64. The lowest BCUT2D eigenvalue weighted by molar-refractivity contribution is -0.124. The highest BCUT2D eigenvalue weighted by molar-refractivity contribution is 7.19. The Bertz CT molecular complexity index is 1930. The number of aromatic nitrogens is 5. The maximum atomic E-state index is 13.5. The Morgan fingerprint density at radius 1 is 1.12 bits per heavy atom. The van der Waals surface area contributed by atoms with E-state index in [0.717, 1.165) is 20.7 Å². The van der Waals surface area contributed by atoms with E-state index in [9.17, 15) is 14.4 Å². The molecule has 7 rings (SSSR count). The second-order valence-corrected chi connectivity index (χ2v) is 11.9. The topological polar surface area (TPSA) is 171 Å². The minimum Gasteiger partial charge on any atom is -0.439 e. The molecule has 0 radical (unpaired) electrons. The third-order valence-corrected chi connectivity index (χ3v) is 8.79. The third kappa shape index (κ3) is 4.51. The van der Waals surface area contributed by atoms with E-state index in [0.29, 0.717) is 48.0 Å². The average molecular weight is 571 g/mol. The van der Waals surface area contributed by atoms with E-state index >= 15 is 0 Å². The predicted molar refractivity (Wildman–Crippen MR) is 152 cm³/mol. The molecule has 6 heterocycles. The zero-order chi connectivity index (χ0) is 28.4. The Kier molecular flexibility index (Phi) is 5.85. The highest BCUT2D eigenvalue weighted by atomic mass is 32.1. The molecule has 4 atom stereocenters. The fourth-order valence-corrected chi connectivity index (χ4v) is 6.50. The lowest BCUT2D eigenvalue weighted by Gasteiger charge is -2.15. The maximum Gasteiger partial charge on any atom is 0.278 e. The van der Waals surface area contributed by atoms with Crippen LogP contribution in [0.25, 0.3) is 21.2 Å². The standard InChI is InChI=1S/C28H26N8O4S/c1-12-3-20(26(38)33-9-15-5-14-8-31-23(29)7-22(14)41-15)36-24(12)32-10-19(28(36)39)34-25(37)16-6-17(16)27-35-18-4-13(2)30-11-21(18)40-27/h4-5,7-8,10-12,16-17,20H,3,6,9H2,1-2H3,(H2,29,31)(H,33,38)(H,34,37)/t12-,16+,17+,20+/m1/s1. The molecule has 0 aromatic carbocycles. The van der Waals surface area contributed by atoms with Crippen LogP contribution in [-0.4, -0.2) is 36.3 Å². The van der Waals surface area contributed by atoms with Crippen LogP contribution in [0.1, 0.15) is 59.9 Å². The quantitative estimate of drug-likeness (QED) is 0.277. The van der Waals surface area contributed by atoms with Gasteiger partial charge in [0.1, 0.15) is 28.9 Å². The van der Waals surface area contributed by atoms with Crippen molar-refractivity contribution in [3.05, 3.63) is 69.4 Å². The van der Waals surface area contributed by atoms with Gasteiger partial charge in [0, 0.05) is 38.7 Å². The Labute approximate surface area is 237 Å². The number of hydrogen-bond acceptors (Lipinski definition) is 10. The van der Waals surface area contributed by atoms with Crippen molar-refractivity contribution < 1.29 is 14.0 Å². The molecule has 1 fully saturated rings. The summed E-state index contributed by atoms with van der Waals surface area (Å²) in [4.78, 5) is 58.1. The first kappa shape index (κ1) is 25.3. The number of anilines is 2. The number of thiophene rings is 1. The zero-order valence-corrected chi connectivity index (χ0v) is 23.1. The van der Waals surface area contributed by atoms with Crippen LogP contribution in [-0.2, 0) is 16.1 Å². The van der Waals surface area contributed by atoms with E-state index in [1.165, 1.54) is 22.1 Å². The summed E-state index contributed by atoms with van der Waals surface area (Å²) in [5.41, 5.74) is 7.48. The molecule has 208 valence electrons. The summed E-state index contributed by atoms with van der Waals surface area (Å²) in [6, 6.07) is 4.87. The average Bonchev–Trinajstić information content (AvgIpc) is 3.29. The summed E-state index contributed by atoms with van der Waals surface area (Å²) < 4.78 is 8.20. The fourth-order valence-electron chi connectivity index (χ4n) is 5.48. The number of pyridine rings is 2. The normalized spacial score (nSPS) is 21.2. The lowest BCUT2D eigenvalue weighted by Crippen LogP contribution is -2.36. The van der Waals surface area contributed by atoms with Gasteiger partial charge >= 0.3 is 0 Å². The molecule has 0 saturated heterocycles. The van der Waals surface area contributed by atoms with Crippen LogP contribution in [0, 0.1) is 12.8 Å². The van der Waals surface area contributed by atoms with E-state index in [2.05, 4.69) is 30.6 Å². The third-order valence-electron chi connectivity index (χ3n) is 7.70. The molecule has 1 aliphatic heterocycles. The van der Waals surface area contributed by atoms with Gasteiger partial charge in [-0.05, 0) is 38.0 Å². The molecule has 5 aromatic rings. The van der Waals surface area contributed by atoms with Crippen LogP contribution in [0.3, 0.4) is 0 Å². The molecule has 4 N–H and O–H groups in total. The van der Waals surface area contributed by atoms with Gasteiger partial charge in [0.05, 0.1) is 24.9 Å². The first-order valence-corrected chi connectivity index (χ1v) is 14.1. The molecule has 2 amide bonds. The van der Waals surface area contributed by atoms with Gasteiger partial charge in [-0.25, -0.2) is 15.0 Å². The summed E-state index contributed by atoms with van der Waals surface area (Å²) in [6.45, 7) is 4.12. The van der Waals surface area contributed by atoms with Gasteiger partial charge in [0.25, 0.3) is 5.56 Å². The van der Waals surface area contributed by atoms with Gasteiger partial charge in [-0.3, -0.25) is 23.9 Å². The molecular formula is C28H26N8O4S. The number of nitrogens with zero attached hydrogens (tertiary/aromatic N) is 5. The number of aryl methyl sites for hydroxylation is 1. The molecule has 2 aliphatic rings. The minimum absolute atomic E-state index is 0.0447. The van der Waals surface area contributed by atoms with Crippen molar-refractivity contribution in [1.82, 2.24) is 29.8 Å². The number of oxazole rings is 1. The highest BCUT2D eigenvalue weighted by Crippen LogP contribution is 2.48. The van der Waals surface area contributed by atoms with Crippen LogP contribution in [0.4, 0.5) is 11.5 Å². The number of nitrogen functional groups attached to an aromatic ring is 1. The molecule has 1 aliphatic carbocycles. The predicted octanol–water partition coefficient (Wildman–Crippen LogP) is 3.39. The summed E-state index contributed by atoms with van der Waals surface area (Å²) in [7, 11) is 0. The van der Waals surface area contributed by atoms with E-state index in [-0.39, 0.29) is 35.3 Å². The molecule has 5 aromatic heterocycles. The second-order valence-electron chi connectivity index (χ2n) is 10.7. The van der Waals surface area contributed by atoms with Crippen molar-refractivity contribution in [2.24, 2.45) is 5.92 Å². The molecule has 0 bridgehead atoms. The van der Waals surface area contributed by atoms with Gasteiger partial charge in [-0.1, -0.05) is 6.92 Å². The molecule has 13 heteroatoms. The Morgan fingerprint density at radius 2 is 1.98 bits per heavy atom. The number of carbonyl (C=O) groups is 2. The van der Waals surface area contributed by atoms with Crippen molar-refractivity contribution in [2.75, 3.05) is 11.1 Å². The first-order chi connectivity index (χ1) is 19.7. The number of carbonyl (C=O) groups excluding carboxylic acids is 2. The van der Waals surface area contributed by atoms with Crippen LogP contribution in [0.2, 0.25) is 0 Å². The molecular weight excluding hydrogens is 544 g/mol. The van der Waals surface area contributed by atoms with Crippen molar-refractivity contribution in [3.8, 4) is 0 Å². The van der Waals surface area contributed by atoms with E-state index in [1.54, 1.807) is 18.5 Å². The largest absolute Gasteiger partial charge is 0.439 e. The fraction of sp³-hybridized carbons (Fsp3) is 0.321. The lowest BCUT2D eigenvalue weighted by atomic mass is 10.1. The van der Waals surface area contributed by atoms with Crippen LogP contribution in [0.15, 0.2) is 46.0 Å². The molecule has 0 unspecified atom stereocenters. The minimum atomic E-state index is -0.728. The molecule has 0 spiro atoms. The monoisotopic (exact) mass is 570 g/mol. The van der Waals surface area contributed by atoms with Crippen molar-refractivity contribution in [2.45, 2.75) is 51.1 Å². The second kappa shape index (κ2) is 9.47. The van der Waals surface area contributed by atoms with Gasteiger partial charge in [0.15, 0.2) is 11.5 Å². The number of nitrogens with two attached hydrogens (primary N) is 1. The van der Waals surface area contributed by atoms with Gasteiger partial charge in [0.2, 0.25) is 11.8 Å². The Hall–Kier alpha value is -4.65. The van der Waals surface area contributed by atoms with Gasteiger partial charge < -0.3 is 20.8 Å². The number of fused-ring (bicyclic) bond motifs is 3. The summed E-state index contributed by atoms with van der Waals surface area (Å²) in [5.74, 6) is 0.228. The smallest absolute Gasteiger partial charge is 0.278 e. The molecule has 41 heavy (non-hydrogen) atoms. The van der Waals surface area contributed by atoms with Crippen LogP contribution >= 0.6 is 11.3 Å². The first-order valence-electron chi connectivity index (χ1n) is 13.3. The number of amides is 2. The van der Waals surface area contributed by atoms with Crippen LogP contribution in [0.5, 0.6) is 0 Å². The SMILES string of the molecule is Cc1cc2nc([C@H]3C[C@@H]3C(=O)Nc3cnc4n(c3=O)[C@H](C(=O)NCc3cc5cnc(N)cc5s3)C[C@H]4C)oc2cn1. The van der Waals surface area contributed by atoms with Crippen LogP contribution < -0.4 is 21.9 Å². The van der Waals surface area contributed by atoms with E-state index in [1.807, 2.05) is 26.0 Å². The Balaban J connectivity index is 1.05. The van der Waals surface area contributed by atoms with Crippen molar-refractivity contribution in [1.29, 1.82) is 0 Å². The summed E-state index contributed by atoms with van der Waals surface area (Å²) in [6.07, 6.45) is 5.71. The highest BCUT2D eigenvalue weighted by Gasteiger charge is 2.48. The maximum absolute atomic E-state index is 13.5. The Morgan fingerprint density at radius 3 is 2.83 bits per heavy atom. The summed E-state index contributed by atoms with van der Waals surface area (Å²) >= 11 is 1.53.